The summed E-state index contributed by atoms with van der Waals surface area (Å²) in [5.41, 5.74) is 0.429. The van der Waals surface area contributed by atoms with Crippen LogP contribution < -0.4 is 0 Å². The van der Waals surface area contributed by atoms with Crippen LogP contribution in [0.15, 0.2) is 52.3 Å². The quantitative estimate of drug-likeness (QED) is 0.629. The van der Waals surface area contributed by atoms with Crippen molar-refractivity contribution >= 4 is 22.4 Å². The fourth-order valence-corrected chi connectivity index (χ4v) is 6.04. The number of thioether (sulfide) groups is 1. The highest BCUT2D eigenvalue weighted by Gasteiger charge is 2.40. The number of hydrogen-bond acceptors (Lipinski definition) is 5. The van der Waals surface area contributed by atoms with Gasteiger partial charge in [-0.25, -0.2) is 0 Å². The van der Waals surface area contributed by atoms with E-state index in [2.05, 4.69) is 0 Å². The van der Waals surface area contributed by atoms with Crippen LogP contribution in [-0.2, 0) is 0 Å². The van der Waals surface area contributed by atoms with E-state index in [4.69, 9.17) is 0 Å². The highest BCUT2D eigenvalue weighted by Crippen LogP contribution is 2.67. The van der Waals surface area contributed by atoms with Gasteiger partial charge in [-0.3, -0.25) is 9.11 Å². The van der Waals surface area contributed by atoms with E-state index in [1.165, 1.54) is 23.9 Å². The van der Waals surface area contributed by atoms with E-state index in [1.807, 2.05) is 30.3 Å². The van der Waals surface area contributed by atoms with Crippen LogP contribution in [0.4, 0.5) is 0 Å². The van der Waals surface area contributed by atoms with Crippen molar-refractivity contribution in [3.8, 4) is 11.5 Å². The first-order chi connectivity index (χ1) is 9.49. The van der Waals surface area contributed by atoms with Gasteiger partial charge in [0.25, 0.3) is 0 Å². The molecule has 20 heavy (non-hydrogen) atoms. The number of rotatable bonds is 2. The number of fused-ring (bicyclic) bond motifs is 1. The van der Waals surface area contributed by atoms with E-state index in [9.17, 15) is 19.3 Å². The summed E-state index contributed by atoms with van der Waals surface area (Å²) in [4.78, 5) is 1.06. The number of benzene rings is 2. The van der Waals surface area contributed by atoms with Crippen molar-refractivity contribution in [1.82, 2.24) is 0 Å². The van der Waals surface area contributed by atoms with E-state index in [0.29, 0.717) is 5.56 Å². The third kappa shape index (κ3) is 2.25. The zero-order chi connectivity index (χ0) is 14.3. The molecule has 106 valence electrons. The van der Waals surface area contributed by atoms with Crippen molar-refractivity contribution in [2.24, 2.45) is 0 Å². The largest absolute Gasteiger partial charge is 0.508 e. The van der Waals surface area contributed by atoms with Gasteiger partial charge >= 0.3 is 0 Å². The maximum atomic E-state index is 10.2. The van der Waals surface area contributed by atoms with Crippen LogP contribution in [0.25, 0.3) is 0 Å². The molecule has 3 rings (SSSR count). The van der Waals surface area contributed by atoms with Crippen molar-refractivity contribution in [3.05, 3.63) is 48.0 Å². The Balaban J connectivity index is 2.04. The number of phenols is 2. The SMILES string of the molecule is Oc1ccc(O)c2c1C(Sc1ccccc1)CS2(O)O. The van der Waals surface area contributed by atoms with Gasteiger partial charge in [0.05, 0.1) is 11.0 Å². The third-order valence-electron chi connectivity index (χ3n) is 3.21. The van der Waals surface area contributed by atoms with Gasteiger partial charge in [0.2, 0.25) is 0 Å². The lowest BCUT2D eigenvalue weighted by molar-refractivity contribution is 0.434. The van der Waals surface area contributed by atoms with Crippen molar-refractivity contribution in [3.63, 3.8) is 0 Å². The fourth-order valence-electron chi connectivity index (χ4n) is 2.37. The van der Waals surface area contributed by atoms with Gasteiger partial charge in [0.1, 0.15) is 16.4 Å². The van der Waals surface area contributed by atoms with Crippen molar-refractivity contribution < 1.29 is 19.3 Å². The summed E-state index contributed by atoms with van der Waals surface area (Å²) < 4.78 is 20.3. The Bertz CT molecular complexity index is 643. The Labute approximate surface area is 122 Å². The first-order valence-electron chi connectivity index (χ1n) is 6.01. The van der Waals surface area contributed by atoms with Gasteiger partial charge in [-0.15, -0.1) is 11.8 Å². The first kappa shape index (κ1) is 13.6. The minimum Gasteiger partial charge on any atom is -0.508 e. The lowest BCUT2D eigenvalue weighted by atomic mass is 10.1. The van der Waals surface area contributed by atoms with Crippen LogP contribution in [0.3, 0.4) is 0 Å². The second kappa shape index (κ2) is 4.89. The smallest absolute Gasteiger partial charge is 0.139 e. The molecule has 0 fully saturated rings. The second-order valence-corrected chi connectivity index (χ2v) is 7.95. The van der Waals surface area contributed by atoms with Gasteiger partial charge in [-0.2, -0.15) is 10.6 Å². The highest BCUT2D eigenvalue weighted by atomic mass is 32.3. The lowest BCUT2D eigenvalue weighted by Crippen LogP contribution is -1.98. The predicted octanol–water partition coefficient (Wildman–Crippen LogP) is 4.05. The van der Waals surface area contributed by atoms with E-state index in [-0.39, 0.29) is 27.4 Å². The Morgan fingerprint density at radius 1 is 0.950 bits per heavy atom. The highest BCUT2D eigenvalue weighted by molar-refractivity contribution is 8.25. The molecule has 0 amide bonds. The fraction of sp³-hybridized carbons (Fsp3) is 0.143. The van der Waals surface area contributed by atoms with Crippen molar-refractivity contribution in [1.29, 1.82) is 0 Å². The molecule has 6 heteroatoms. The van der Waals surface area contributed by atoms with Gasteiger partial charge in [0.15, 0.2) is 0 Å². The number of hydrogen-bond donors (Lipinski definition) is 4. The molecular weight excluding hydrogens is 296 g/mol. The Kier molecular flexibility index (Phi) is 3.33. The van der Waals surface area contributed by atoms with Crippen LogP contribution in [0, 0.1) is 0 Å². The minimum atomic E-state index is -3.06. The molecule has 2 aromatic rings. The number of aromatic hydroxyl groups is 2. The zero-order valence-electron chi connectivity index (χ0n) is 10.4. The summed E-state index contributed by atoms with van der Waals surface area (Å²) in [5.74, 6) is -0.0785. The molecule has 1 aliphatic heterocycles. The van der Waals surface area contributed by atoms with Crippen LogP contribution in [0.2, 0.25) is 0 Å². The van der Waals surface area contributed by atoms with Crippen LogP contribution in [-0.4, -0.2) is 25.1 Å². The first-order valence-corrected chi connectivity index (χ1v) is 8.61. The third-order valence-corrected chi connectivity index (χ3v) is 6.53. The Morgan fingerprint density at radius 3 is 2.30 bits per heavy atom. The molecule has 0 saturated heterocycles. The van der Waals surface area contributed by atoms with Crippen LogP contribution in [0.1, 0.15) is 10.8 Å². The molecule has 0 aliphatic carbocycles. The summed E-state index contributed by atoms with van der Waals surface area (Å²) in [5, 5.41) is 19.6. The van der Waals surface area contributed by atoms with E-state index < -0.39 is 10.6 Å². The standard InChI is InChI=1S/C14H14O4S2/c15-10-6-7-11(16)14-13(10)12(8-20(14,17)18)19-9-4-2-1-3-5-9/h1-7,12,15-18H,8H2. The van der Waals surface area contributed by atoms with E-state index in [0.717, 1.165) is 4.90 Å². The second-order valence-electron chi connectivity index (χ2n) is 4.60. The summed E-state index contributed by atoms with van der Waals surface area (Å²) in [7, 11) is -3.06. The van der Waals surface area contributed by atoms with Gasteiger partial charge in [0, 0.05) is 10.5 Å². The molecule has 4 nitrogen and oxygen atoms in total. The molecule has 0 saturated carbocycles. The normalized spacial score (nSPS) is 21.4. The zero-order valence-corrected chi connectivity index (χ0v) is 12.1. The molecule has 1 aliphatic rings. The maximum Gasteiger partial charge on any atom is 0.139 e. The van der Waals surface area contributed by atoms with Gasteiger partial charge in [-0.05, 0) is 24.3 Å². The van der Waals surface area contributed by atoms with Crippen LogP contribution >= 0.6 is 22.4 Å². The molecule has 0 bridgehead atoms. The number of phenolic OH excluding ortho intramolecular Hbond substituents is 2. The molecule has 4 N–H and O–H groups in total. The van der Waals surface area contributed by atoms with E-state index >= 15 is 0 Å². The molecule has 0 aromatic heterocycles. The Hall–Kier alpha value is -1.34. The summed E-state index contributed by atoms with van der Waals surface area (Å²) in [6.45, 7) is 0. The van der Waals surface area contributed by atoms with Crippen molar-refractivity contribution in [2.45, 2.75) is 15.0 Å². The molecule has 2 aromatic carbocycles. The molecular formula is C14H14O4S2. The Morgan fingerprint density at radius 2 is 1.60 bits per heavy atom. The minimum absolute atomic E-state index is 0.0105. The predicted molar refractivity (Wildman–Crippen MR) is 80.8 cm³/mol. The van der Waals surface area contributed by atoms with Gasteiger partial charge < -0.3 is 10.2 Å². The maximum absolute atomic E-state index is 10.2. The van der Waals surface area contributed by atoms with Crippen LogP contribution in [0.5, 0.6) is 11.5 Å². The molecule has 0 radical (unpaired) electrons. The molecule has 1 atom stereocenters. The molecule has 0 spiro atoms. The summed E-state index contributed by atoms with van der Waals surface area (Å²) >= 11 is 1.45. The topological polar surface area (TPSA) is 80.9 Å². The average Bonchev–Trinajstić information content (AvgIpc) is 2.67. The van der Waals surface area contributed by atoms with E-state index in [1.54, 1.807) is 0 Å². The summed E-state index contributed by atoms with van der Waals surface area (Å²) in [6.07, 6.45) is 0. The summed E-state index contributed by atoms with van der Waals surface area (Å²) in [6, 6.07) is 12.2. The monoisotopic (exact) mass is 310 g/mol. The molecule has 1 unspecified atom stereocenters. The van der Waals surface area contributed by atoms with Crippen molar-refractivity contribution in [2.75, 3.05) is 5.75 Å². The molecule has 1 heterocycles. The van der Waals surface area contributed by atoms with Gasteiger partial charge in [-0.1, -0.05) is 18.2 Å². The lowest BCUT2D eigenvalue weighted by Gasteiger charge is -2.28. The average molecular weight is 310 g/mol.